The maximum Gasteiger partial charge on any atom is 0.243 e. The van der Waals surface area contributed by atoms with Gasteiger partial charge in [0.15, 0.2) is 11.6 Å². The molecule has 0 unspecified atom stereocenters. The Kier molecular flexibility index (Phi) is 5.34. The van der Waals surface area contributed by atoms with Gasteiger partial charge in [0.25, 0.3) is 0 Å². The molecule has 7 heteroatoms. The summed E-state index contributed by atoms with van der Waals surface area (Å²) in [6.45, 7) is 0.945. The summed E-state index contributed by atoms with van der Waals surface area (Å²) in [7, 11) is -3.49. The van der Waals surface area contributed by atoms with E-state index in [1.165, 1.54) is 40.7 Å². The minimum absolute atomic E-state index is 0.102. The molecule has 0 N–H and O–H groups in total. The Morgan fingerprint density at radius 3 is 2.32 bits per heavy atom. The van der Waals surface area contributed by atoms with Crippen molar-refractivity contribution in [2.45, 2.75) is 30.8 Å². The van der Waals surface area contributed by atoms with Crippen LogP contribution in [0, 0.1) is 11.6 Å². The quantitative estimate of drug-likeness (QED) is 0.809. The third-order valence-electron chi connectivity index (χ3n) is 4.20. The number of nitrogens with zero attached hydrogens (tertiary/aromatic N) is 1. The standard InChI is InChI=1S/C18H19F2NO3S/c19-17-6-4-5-14(18(17)20)13-24-15-7-9-16(10-8-15)25(22,23)21-11-2-1-3-12-21/h4-10H,1-3,11-13H2. The van der Waals surface area contributed by atoms with Crippen molar-refractivity contribution in [1.82, 2.24) is 4.31 Å². The molecule has 1 fully saturated rings. The Bertz CT molecular complexity index is 832. The smallest absolute Gasteiger partial charge is 0.243 e. The van der Waals surface area contributed by atoms with Gasteiger partial charge in [0.2, 0.25) is 10.0 Å². The number of ether oxygens (including phenoxy) is 1. The number of rotatable bonds is 5. The van der Waals surface area contributed by atoms with Gasteiger partial charge >= 0.3 is 0 Å². The molecular weight excluding hydrogens is 348 g/mol. The van der Waals surface area contributed by atoms with Crippen LogP contribution in [0.3, 0.4) is 0 Å². The fourth-order valence-electron chi connectivity index (χ4n) is 2.78. The molecule has 0 atom stereocenters. The molecule has 25 heavy (non-hydrogen) atoms. The Hall–Kier alpha value is -1.99. The summed E-state index contributed by atoms with van der Waals surface area (Å²) in [5, 5.41) is 0. The molecule has 134 valence electrons. The Balaban J connectivity index is 1.69. The van der Waals surface area contributed by atoms with Crippen molar-refractivity contribution in [3.05, 3.63) is 59.7 Å². The number of sulfonamides is 1. The Morgan fingerprint density at radius 2 is 1.64 bits per heavy atom. The van der Waals surface area contributed by atoms with Gasteiger partial charge in [0, 0.05) is 18.7 Å². The molecule has 0 amide bonds. The van der Waals surface area contributed by atoms with Gasteiger partial charge in [-0.1, -0.05) is 18.6 Å². The summed E-state index contributed by atoms with van der Waals surface area (Å²) in [6, 6.07) is 9.88. The second-order valence-corrected chi connectivity index (χ2v) is 7.88. The highest BCUT2D eigenvalue weighted by atomic mass is 32.2. The van der Waals surface area contributed by atoms with Crippen LogP contribution in [0.25, 0.3) is 0 Å². The van der Waals surface area contributed by atoms with Gasteiger partial charge in [0.05, 0.1) is 4.90 Å². The van der Waals surface area contributed by atoms with Crippen molar-refractivity contribution in [1.29, 1.82) is 0 Å². The van der Waals surface area contributed by atoms with Gasteiger partial charge in [-0.15, -0.1) is 0 Å². The predicted molar refractivity (Wildman–Crippen MR) is 89.7 cm³/mol. The predicted octanol–water partition coefficient (Wildman–Crippen LogP) is 3.72. The fraction of sp³-hybridized carbons (Fsp3) is 0.333. The van der Waals surface area contributed by atoms with Crippen LogP contribution in [0.5, 0.6) is 5.75 Å². The van der Waals surface area contributed by atoms with E-state index in [1.54, 1.807) is 0 Å². The minimum Gasteiger partial charge on any atom is -0.489 e. The molecule has 1 aliphatic rings. The summed E-state index contributed by atoms with van der Waals surface area (Å²) in [5.41, 5.74) is 0.102. The summed E-state index contributed by atoms with van der Waals surface area (Å²) in [5.74, 6) is -1.47. The highest BCUT2D eigenvalue weighted by Gasteiger charge is 2.25. The first-order chi connectivity index (χ1) is 12.0. The molecule has 0 radical (unpaired) electrons. The zero-order valence-corrected chi connectivity index (χ0v) is 14.4. The number of benzene rings is 2. The van der Waals surface area contributed by atoms with Crippen molar-refractivity contribution in [2.75, 3.05) is 13.1 Å². The van der Waals surface area contributed by atoms with Gasteiger partial charge in [-0.3, -0.25) is 0 Å². The topological polar surface area (TPSA) is 46.6 Å². The molecule has 0 saturated carbocycles. The van der Waals surface area contributed by atoms with E-state index in [0.29, 0.717) is 18.8 Å². The second kappa shape index (κ2) is 7.49. The van der Waals surface area contributed by atoms with Crippen molar-refractivity contribution in [2.24, 2.45) is 0 Å². The first-order valence-electron chi connectivity index (χ1n) is 8.14. The highest BCUT2D eigenvalue weighted by molar-refractivity contribution is 7.89. The first kappa shape index (κ1) is 17.8. The zero-order valence-electron chi connectivity index (χ0n) is 13.6. The second-order valence-electron chi connectivity index (χ2n) is 5.94. The summed E-state index contributed by atoms with van der Waals surface area (Å²) in [4.78, 5) is 0.207. The molecule has 2 aromatic carbocycles. The lowest BCUT2D eigenvalue weighted by molar-refractivity contribution is 0.297. The monoisotopic (exact) mass is 367 g/mol. The van der Waals surface area contributed by atoms with Crippen LogP contribution in [0.4, 0.5) is 8.78 Å². The van der Waals surface area contributed by atoms with Crippen LogP contribution >= 0.6 is 0 Å². The number of piperidine rings is 1. The van der Waals surface area contributed by atoms with E-state index in [-0.39, 0.29) is 17.1 Å². The maximum absolute atomic E-state index is 13.6. The third kappa shape index (κ3) is 3.99. The Morgan fingerprint density at radius 1 is 0.960 bits per heavy atom. The lowest BCUT2D eigenvalue weighted by atomic mass is 10.2. The van der Waals surface area contributed by atoms with Crippen LogP contribution in [0.2, 0.25) is 0 Å². The lowest BCUT2D eigenvalue weighted by Gasteiger charge is -2.25. The maximum atomic E-state index is 13.6. The van der Waals surface area contributed by atoms with E-state index in [0.717, 1.165) is 25.3 Å². The average molecular weight is 367 g/mol. The fourth-order valence-corrected chi connectivity index (χ4v) is 4.30. The van der Waals surface area contributed by atoms with E-state index < -0.39 is 21.7 Å². The van der Waals surface area contributed by atoms with Crippen LogP contribution in [-0.2, 0) is 16.6 Å². The molecule has 1 aliphatic heterocycles. The van der Waals surface area contributed by atoms with Crippen LogP contribution in [-0.4, -0.2) is 25.8 Å². The molecule has 4 nitrogen and oxygen atoms in total. The average Bonchev–Trinajstić information content (AvgIpc) is 2.64. The Labute approximate surface area is 146 Å². The van der Waals surface area contributed by atoms with E-state index in [2.05, 4.69) is 0 Å². The first-order valence-corrected chi connectivity index (χ1v) is 9.58. The molecule has 3 rings (SSSR count). The van der Waals surface area contributed by atoms with Crippen molar-refractivity contribution in [3.63, 3.8) is 0 Å². The third-order valence-corrected chi connectivity index (χ3v) is 6.12. The molecular formula is C18H19F2NO3S. The van der Waals surface area contributed by atoms with Gasteiger partial charge in [-0.25, -0.2) is 17.2 Å². The van der Waals surface area contributed by atoms with Crippen molar-refractivity contribution >= 4 is 10.0 Å². The summed E-state index contributed by atoms with van der Waals surface area (Å²) < 4.78 is 58.8. The molecule has 0 bridgehead atoms. The van der Waals surface area contributed by atoms with E-state index in [9.17, 15) is 17.2 Å². The van der Waals surface area contributed by atoms with Crippen LogP contribution in [0.1, 0.15) is 24.8 Å². The molecule has 1 heterocycles. The van der Waals surface area contributed by atoms with E-state index in [1.807, 2.05) is 0 Å². The van der Waals surface area contributed by atoms with Crippen molar-refractivity contribution in [3.8, 4) is 5.75 Å². The molecule has 2 aromatic rings. The van der Waals surface area contributed by atoms with E-state index in [4.69, 9.17) is 4.74 Å². The van der Waals surface area contributed by atoms with Gasteiger partial charge in [0.1, 0.15) is 12.4 Å². The zero-order chi connectivity index (χ0) is 17.9. The van der Waals surface area contributed by atoms with E-state index >= 15 is 0 Å². The number of hydrogen-bond acceptors (Lipinski definition) is 3. The molecule has 0 aliphatic carbocycles. The largest absolute Gasteiger partial charge is 0.489 e. The van der Waals surface area contributed by atoms with Crippen LogP contribution in [0.15, 0.2) is 47.4 Å². The highest BCUT2D eigenvalue weighted by Crippen LogP contribution is 2.23. The summed E-state index contributed by atoms with van der Waals surface area (Å²) in [6.07, 6.45) is 2.80. The number of halogens is 2. The number of hydrogen-bond donors (Lipinski definition) is 0. The van der Waals surface area contributed by atoms with Gasteiger partial charge < -0.3 is 4.74 Å². The molecule has 0 aromatic heterocycles. The van der Waals surface area contributed by atoms with Crippen molar-refractivity contribution < 1.29 is 21.9 Å². The normalized spacial score (nSPS) is 15.9. The minimum atomic E-state index is -3.49. The van der Waals surface area contributed by atoms with Crippen LogP contribution < -0.4 is 4.74 Å². The molecule has 1 saturated heterocycles. The lowest BCUT2D eigenvalue weighted by Crippen LogP contribution is -2.35. The van der Waals surface area contributed by atoms with Gasteiger partial charge in [-0.2, -0.15) is 4.31 Å². The SMILES string of the molecule is O=S(=O)(c1ccc(OCc2cccc(F)c2F)cc1)N1CCCCC1. The van der Waals surface area contributed by atoms with Gasteiger partial charge in [-0.05, 0) is 43.2 Å². The molecule has 0 spiro atoms. The summed E-state index contributed by atoms with van der Waals surface area (Å²) >= 11 is 0.